The minimum atomic E-state index is -0.805. The number of carboxylic acids is 2. The summed E-state index contributed by atoms with van der Waals surface area (Å²) in [4.78, 5) is 21.3. The molecule has 0 saturated carbocycles. The average Bonchev–Trinajstić information content (AvgIpc) is 2.61. The van der Waals surface area contributed by atoms with Gasteiger partial charge in [0.25, 0.3) is 0 Å². The molecule has 5 nitrogen and oxygen atoms in total. The Morgan fingerprint density at radius 3 is 1.81 bits per heavy atom. The van der Waals surface area contributed by atoms with E-state index in [1.807, 2.05) is 0 Å². The van der Waals surface area contributed by atoms with Gasteiger partial charge in [-0.1, -0.05) is 71.1 Å². The first-order valence-corrected chi connectivity index (χ1v) is 11.8. The first-order valence-electron chi connectivity index (χ1n) is 10.7. The van der Waals surface area contributed by atoms with E-state index in [1.165, 1.54) is 44.9 Å². The highest BCUT2D eigenvalue weighted by atomic mass is 32.2. The Kier molecular flexibility index (Phi) is 18.1. The highest BCUT2D eigenvalue weighted by Crippen LogP contribution is 2.25. The fourth-order valence-corrected chi connectivity index (χ4v) is 4.44. The van der Waals surface area contributed by atoms with Crippen molar-refractivity contribution in [3.05, 3.63) is 0 Å². The molecule has 0 heterocycles. The van der Waals surface area contributed by atoms with Crippen molar-refractivity contribution in [1.82, 2.24) is 0 Å². The fourth-order valence-electron chi connectivity index (χ4n) is 3.16. The zero-order valence-electron chi connectivity index (χ0n) is 17.0. The molecule has 0 aromatic carbocycles. The van der Waals surface area contributed by atoms with Crippen LogP contribution >= 0.6 is 11.8 Å². The molecule has 3 N–H and O–H groups in total. The van der Waals surface area contributed by atoms with Crippen LogP contribution in [0.4, 0.5) is 0 Å². The van der Waals surface area contributed by atoms with Crippen molar-refractivity contribution < 1.29 is 24.9 Å². The second kappa shape index (κ2) is 18.6. The summed E-state index contributed by atoms with van der Waals surface area (Å²) in [6, 6.07) is 0. The Labute approximate surface area is 169 Å². The van der Waals surface area contributed by atoms with Gasteiger partial charge in [0.15, 0.2) is 0 Å². The Bertz CT molecular complexity index is 376. The number of carbonyl (C=O) groups is 2. The van der Waals surface area contributed by atoms with Gasteiger partial charge in [0.1, 0.15) is 0 Å². The molecule has 27 heavy (non-hydrogen) atoms. The van der Waals surface area contributed by atoms with E-state index >= 15 is 0 Å². The Morgan fingerprint density at radius 2 is 1.26 bits per heavy atom. The largest absolute Gasteiger partial charge is 0.481 e. The van der Waals surface area contributed by atoms with Crippen LogP contribution in [0.2, 0.25) is 0 Å². The number of carboxylic acid groups (broad SMARTS) is 2. The van der Waals surface area contributed by atoms with Crippen molar-refractivity contribution >= 4 is 23.7 Å². The third kappa shape index (κ3) is 18.4. The van der Waals surface area contributed by atoms with E-state index in [4.69, 9.17) is 10.2 Å². The predicted molar refractivity (Wildman–Crippen MR) is 112 cm³/mol. The molecule has 0 fully saturated rings. The third-order valence-electron chi connectivity index (χ3n) is 4.81. The van der Waals surface area contributed by atoms with Gasteiger partial charge in [-0.05, 0) is 19.3 Å². The van der Waals surface area contributed by atoms with E-state index < -0.39 is 18.0 Å². The number of aliphatic carboxylic acids is 2. The fraction of sp³-hybridized carbons (Fsp3) is 0.905. The number of thioether (sulfide) groups is 1. The van der Waals surface area contributed by atoms with E-state index in [-0.39, 0.29) is 18.1 Å². The maximum absolute atomic E-state index is 10.7. The van der Waals surface area contributed by atoms with Crippen LogP contribution in [-0.4, -0.2) is 44.4 Å². The van der Waals surface area contributed by atoms with E-state index in [1.54, 1.807) is 11.8 Å². The zero-order chi connectivity index (χ0) is 20.3. The minimum absolute atomic E-state index is 0.0544. The van der Waals surface area contributed by atoms with Crippen LogP contribution in [-0.2, 0) is 9.59 Å². The number of rotatable bonds is 20. The predicted octanol–water partition coefficient (Wildman–Crippen LogP) is 5.49. The molecular formula is C21H40O5S. The lowest BCUT2D eigenvalue weighted by Crippen LogP contribution is -2.24. The van der Waals surface area contributed by atoms with Crippen LogP contribution in [0.5, 0.6) is 0 Å². The van der Waals surface area contributed by atoms with Crippen LogP contribution in [0.3, 0.4) is 0 Å². The van der Waals surface area contributed by atoms with E-state index in [0.29, 0.717) is 25.0 Å². The van der Waals surface area contributed by atoms with Crippen LogP contribution in [0, 0.1) is 0 Å². The van der Waals surface area contributed by atoms with Crippen LogP contribution in [0.15, 0.2) is 0 Å². The number of unbranched alkanes of at least 4 members (excludes halogenated alkanes) is 9. The van der Waals surface area contributed by atoms with Crippen molar-refractivity contribution in [2.75, 3.05) is 5.75 Å². The molecule has 0 aromatic heterocycles. The summed E-state index contributed by atoms with van der Waals surface area (Å²) in [5.74, 6) is -1.09. The van der Waals surface area contributed by atoms with Crippen molar-refractivity contribution in [3.63, 3.8) is 0 Å². The molecule has 0 spiro atoms. The molecule has 6 heteroatoms. The second-order valence-corrected chi connectivity index (χ2v) is 8.72. The SMILES string of the molecule is CCCCCCCCCCCC(SCCC(=O)O)C(O)CCCCC(=O)O. The molecule has 160 valence electrons. The van der Waals surface area contributed by atoms with E-state index in [2.05, 4.69) is 6.92 Å². The summed E-state index contributed by atoms with van der Waals surface area (Å²) >= 11 is 1.55. The maximum atomic E-state index is 10.7. The zero-order valence-corrected chi connectivity index (χ0v) is 17.9. The van der Waals surface area contributed by atoms with E-state index in [9.17, 15) is 14.7 Å². The normalized spacial score (nSPS) is 13.4. The van der Waals surface area contributed by atoms with Gasteiger partial charge in [0.2, 0.25) is 0 Å². The van der Waals surface area contributed by atoms with Gasteiger partial charge in [-0.2, -0.15) is 11.8 Å². The number of aliphatic hydroxyl groups excluding tert-OH is 1. The van der Waals surface area contributed by atoms with Crippen molar-refractivity contribution in [2.45, 2.75) is 115 Å². The monoisotopic (exact) mass is 404 g/mol. The van der Waals surface area contributed by atoms with Gasteiger partial charge in [-0.25, -0.2) is 0 Å². The standard InChI is InChI=1S/C21H40O5S/c1-2-3-4-5-6-7-8-9-10-14-19(27-17-16-21(25)26)18(22)13-11-12-15-20(23)24/h18-19,22H,2-17H2,1H3,(H,23,24)(H,25,26). The maximum Gasteiger partial charge on any atom is 0.304 e. The number of hydrogen-bond acceptors (Lipinski definition) is 4. The molecule has 0 aliphatic rings. The van der Waals surface area contributed by atoms with Crippen LogP contribution in [0.1, 0.15) is 103 Å². The highest BCUT2D eigenvalue weighted by molar-refractivity contribution is 7.99. The molecule has 0 aliphatic heterocycles. The Balaban J connectivity index is 4.00. The molecule has 0 bridgehead atoms. The lowest BCUT2D eigenvalue weighted by Gasteiger charge is -2.22. The summed E-state index contributed by atoms with van der Waals surface area (Å²) in [6.45, 7) is 2.23. The van der Waals surface area contributed by atoms with Gasteiger partial charge in [-0.3, -0.25) is 9.59 Å². The summed E-state index contributed by atoms with van der Waals surface area (Å²) in [6.07, 6.45) is 13.9. The molecule has 0 saturated heterocycles. The topological polar surface area (TPSA) is 94.8 Å². The van der Waals surface area contributed by atoms with Crippen LogP contribution in [0.25, 0.3) is 0 Å². The summed E-state index contributed by atoms with van der Waals surface area (Å²) < 4.78 is 0. The summed E-state index contributed by atoms with van der Waals surface area (Å²) in [7, 11) is 0. The molecule has 0 aliphatic carbocycles. The van der Waals surface area contributed by atoms with Crippen molar-refractivity contribution in [2.24, 2.45) is 0 Å². The molecule has 0 amide bonds. The molecule has 0 aromatic rings. The quantitative estimate of drug-likeness (QED) is 0.232. The molecular weight excluding hydrogens is 364 g/mol. The first-order chi connectivity index (χ1) is 13.0. The lowest BCUT2D eigenvalue weighted by molar-refractivity contribution is -0.137. The Hall–Kier alpha value is -0.750. The average molecular weight is 405 g/mol. The number of aliphatic hydroxyl groups is 1. The van der Waals surface area contributed by atoms with Gasteiger partial charge in [0, 0.05) is 17.4 Å². The summed E-state index contributed by atoms with van der Waals surface area (Å²) in [5.41, 5.74) is 0. The minimum Gasteiger partial charge on any atom is -0.481 e. The molecule has 2 unspecified atom stereocenters. The van der Waals surface area contributed by atoms with Gasteiger partial charge < -0.3 is 15.3 Å². The van der Waals surface area contributed by atoms with Gasteiger partial charge in [-0.15, -0.1) is 0 Å². The van der Waals surface area contributed by atoms with Gasteiger partial charge in [0.05, 0.1) is 12.5 Å². The molecule has 2 atom stereocenters. The number of hydrogen-bond donors (Lipinski definition) is 3. The van der Waals surface area contributed by atoms with E-state index in [0.717, 1.165) is 19.3 Å². The van der Waals surface area contributed by atoms with Crippen molar-refractivity contribution in [1.29, 1.82) is 0 Å². The third-order valence-corrected chi connectivity index (χ3v) is 6.23. The van der Waals surface area contributed by atoms with Crippen molar-refractivity contribution in [3.8, 4) is 0 Å². The Morgan fingerprint density at radius 1 is 0.741 bits per heavy atom. The summed E-state index contributed by atoms with van der Waals surface area (Å²) in [5, 5.41) is 28.0. The lowest BCUT2D eigenvalue weighted by atomic mass is 10.0. The molecule has 0 radical (unpaired) electrons. The van der Waals surface area contributed by atoms with Gasteiger partial charge >= 0.3 is 11.9 Å². The first kappa shape index (κ1) is 26.2. The van der Waals surface area contributed by atoms with Crippen LogP contribution < -0.4 is 0 Å². The highest BCUT2D eigenvalue weighted by Gasteiger charge is 2.19. The smallest absolute Gasteiger partial charge is 0.304 e. The second-order valence-electron chi connectivity index (χ2n) is 7.38. The molecule has 0 rings (SSSR count).